The first-order chi connectivity index (χ1) is 8.08. The average molecular weight is 259 g/mol. The standard InChI is InChI=1S/C12H16ClFN2O/c1-7(12-3-2-4-17-12)16-11-5-8(13)9(14)6-10(11)15/h5-7,12,16H,2-4,15H2,1H3. The van der Waals surface area contributed by atoms with Crippen LogP contribution in [0, 0.1) is 5.82 Å². The molecule has 0 spiro atoms. The van der Waals surface area contributed by atoms with Gasteiger partial charge in [0.2, 0.25) is 0 Å². The molecule has 0 amide bonds. The molecule has 1 aromatic rings. The normalized spacial score (nSPS) is 21.5. The third-order valence-corrected chi connectivity index (χ3v) is 3.29. The summed E-state index contributed by atoms with van der Waals surface area (Å²) in [6.45, 7) is 2.82. The molecule has 0 aliphatic carbocycles. The third kappa shape index (κ3) is 2.82. The number of nitrogens with one attached hydrogen (secondary N) is 1. The largest absolute Gasteiger partial charge is 0.397 e. The van der Waals surface area contributed by atoms with E-state index < -0.39 is 5.82 Å². The molecule has 0 radical (unpaired) electrons. The predicted octanol–water partition coefficient (Wildman–Crippen LogP) is 3.04. The van der Waals surface area contributed by atoms with Gasteiger partial charge >= 0.3 is 0 Å². The number of hydrogen-bond acceptors (Lipinski definition) is 3. The van der Waals surface area contributed by atoms with Crippen molar-refractivity contribution in [3.63, 3.8) is 0 Å². The van der Waals surface area contributed by atoms with Crippen LogP contribution >= 0.6 is 11.6 Å². The van der Waals surface area contributed by atoms with Crippen LogP contribution in [0.1, 0.15) is 19.8 Å². The molecule has 1 saturated heterocycles. The Morgan fingerprint density at radius 2 is 2.35 bits per heavy atom. The van der Waals surface area contributed by atoms with Gasteiger partial charge in [0, 0.05) is 18.7 Å². The Hall–Kier alpha value is -1.00. The molecule has 1 aliphatic heterocycles. The molecule has 3 nitrogen and oxygen atoms in total. The SMILES string of the molecule is CC(Nc1cc(Cl)c(F)cc1N)C1CCCO1. The van der Waals surface area contributed by atoms with E-state index in [2.05, 4.69) is 5.32 Å². The summed E-state index contributed by atoms with van der Waals surface area (Å²) in [5.74, 6) is -0.500. The minimum Gasteiger partial charge on any atom is -0.397 e. The van der Waals surface area contributed by atoms with Crippen LogP contribution in [0.4, 0.5) is 15.8 Å². The van der Waals surface area contributed by atoms with Crippen LogP contribution in [0.25, 0.3) is 0 Å². The van der Waals surface area contributed by atoms with Gasteiger partial charge in [0.1, 0.15) is 5.82 Å². The van der Waals surface area contributed by atoms with Crippen LogP contribution in [-0.2, 0) is 4.74 Å². The van der Waals surface area contributed by atoms with Crippen molar-refractivity contribution in [1.29, 1.82) is 0 Å². The van der Waals surface area contributed by atoms with Gasteiger partial charge in [-0.05, 0) is 25.8 Å². The van der Waals surface area contributed by atoms with Crippen molar-refractivity contribution in [1.82, 2.24) is 0 Å². The van der Waals surface area contributed by atoms with Gasteiger partial charge in [-0.25, -0.2) is 4.39 Å². The van der Waals surface area contributed by atoms with E-state index in [1.807, 2.05) is 6.92 Å². The maximum absolute atomic E-state index is 13.1. The molecule has 1 aliphatic rings. The zero-order valence-electron chi connectivity index (χ0n) is 9.67. The lowest BCUT2D eigenvalue weighted by Crippen LogP contribution is -2.30. The van der Waals surface area contributed by atoms with Crippen LogP contribution in [0.15, 0.2) is 12.1 Å². The molecule has 1 fully saturated rings. The number of anilines is 2. The number of halogens is 2. The van der Waals surface area contributed by atoms with Gasteiger partial charge in [-0.15, -0.1) is 0 Å². The molecule has 3 N–H and O–H groups in total. The highest BCUT2D eigenvalue weighted by atomic mass is 35.5. The van der Waals surface area contributed by atoms with Gasteiger partial charge < -0.3 is 15.8 Å². The second kappa shape index (κ2) is 5.10. The van der Waals surface area contributed by atoms with E-state index in [1.165, 1.54) is 12.1 Å². The molecule has 1 heterocycles. The smallest absolute Gasteiger partial charge is 0.143 e. The molecule has 2 unspecified atom stereocenters. The number of benzene rings is 1. The van der Waals surface area contributed by atoms with Crippen LogP contribution < -0.4 is 11.1 Å². The van der Waals surface area contributed by atoms with Crippen molar-refractivity contribution >= 4 is 23.0 Å². The summed E-state index contributed by atoms with van der Waals surface area (Å²) in [5, 5.41) is 3.29. The molecule has 2 atom stereocenters. The molecular formula is C12H16ClFN2O. The second-order valence-electron chi connectivity index (χ2n) is 4.34. The molecular weight excluding hydrogens is 243 g/mol. The monoisotopic (exact) mass is 258 g/mol. The van der Waals surface area contributed by atoms with Crippen LogP contribution in [0.2, 0.25) is 5.02 Å². The van der Waals surface area contributed by atoms with Crippen molar-refractivity contribution in [2.45, 2.75) is 31.9 Å². The van der Waals surface area contributed by atoms with E-state index in [-0.39, 0.29) is 17.2 Å². The third-order valence-electron chi connectivity index (χ3n) is 3.00. The topological polar surface area (TPSA) is 47.3 Å². The fourth-order valence-electron chi connectivity index (χ4n) is 2.02. The highest BCUT2D eigenvalue weighted by Crippen LogP contribution is 2.28. The van der Waals surface area contributed by atoms with Crippen molar-refractivity contribution in [3.8, 4) is 0 Å². The fraction of sp³-hybridized carbons (Fsp3) is 0.500. The van der Waals surface area contributed by atoms with Crippen molar-refractivity contribution < 1.29 is 9.13 Å². The minimum atomic E-state index is -0.500. The molecule has 17 heavy (non-hydrogen) atoms. The van der Waals surface area contributed by atoms with Crippen molar-refractivity contribution in [3.05, 3.63) is 23.0 Å². The summed E-state index contributed by atoms with van der Waals surface area (Å²) in [5.41, 5.74) is 6.75. The number of rotatable bonds is 3. The molecule has 0 aromatic heterocycles. The van der Waals surface area contributed by atoms with Gasteiger partial charge in [-0.3, -0.25) is 0 Å². The molecule has 1 aromatic carbocycles. The first-order valence-electron chi connectivity index (χ1n) is 5.70. The van der Waals surface area contributed by atoms with Gasteiger partial charge in [-0.1, -0.05) is 11.6 Å². The number of hydrogen-bond donors (Lipinski definition) is 2. The molecule has 2 rings (SSSR count). The van der Waals surface area contributed by atoms with Crippen LogP contribution in [0.3, 0.4) is 0 Å². The summed E-state index contributed by atoms with van der Waals surface area (Å²) in [7, 11) is 0. The van der Waals surface area contributed by atoms with E-state index in [4.69, 9.17) is 22.1 Å². The maximum atomic E-state index is 13.1. The molecule has 0 saturated carbocycles. The Morgan fingerprint density at radius 1 is 1.59 bits per heavy atom. The zero-order valence-corrected chi connectivity index (χ0v) is 10.4. The summed E-state index contributed by atoms with van der Waals surface area (Å²) in [6.07, 6.45) is 2.29. The first kappa shape index (κ1) is 12.5. The number of nitrogen functional groups attached to an aromatic ring is 1. The van der Waals surface area contributed by atoms with Crippen LogP contribution in [0.5, 0.6) is 0 Å². The summed E-state index contributed by atoms with van der Waals surface area (Å²) >= 11 is 5.73. The van der Waals surface area contributed by atoms with Gasteiger partial charge in [0.05, 0.1) is 22.5 Å². The van der Waals surface area contributed by atoms with Gasteiger partial charge in [0.25, 0.3) is 0 Å². The van der Waals surface area contributed by atoms with E-state index >= 15 is 0 Å². The van der Waals surface area contributed by atoms with E-state index in [0.29, 0.717) is 11.4 Å². The Labute approximate surface area is 105 Å². The highest BCUT2D eigenvalue weighted by molar-refractivity contribution is 6.31. The van der Waals surface area contributed by atoms with E-state index in [9.17, 15) is 4.39 Å². The Kier molecular flexibility index (Phi) is 3.74. The van der Waals surface area contributed by atoms with Crippen molar-refractivity contribution in [2.24, 2.45) is 0 Å². The summed E-state index contributed by atoms with van der Waals surface area (Å²) in [4.78, 5) is 0. The fourth-order valence-corrected chi connectivity index (χ4v) is 2.19. The second-order valence-corrected chi connectivity index (χ2v) is 4.75. The van der Waals surface area contributed by atoms with E-state index in [1.54, 1.807) is 0 Å². The van der Waals surface area contributed by atoms with Gasteiger partial charge in [-0.2, -0.15) is 0 Å². The Morgan fingerprint density at radius 3 is 3.00 bits per heavy atom. The maximum Gasteiger partial charge on any atom is 0.143 e. The summed E-state index contributed by atoms with van der Waals surface area (Å²) in [6, 6.07) is 2.87. The average Bonchev–Trinajstić information content (AvgIpc) is 2.79. The van der Waals surface area contributed by atoms with Crippen molar-refractivity contribution in [2.75, 3.05) is 17.7 Å². The minimum absolute atomic E-state index is 0.0706. The Bertz CT molecular complexity index is 408. The van der Waals surface area contributed by atoms with Crippen LogP contribution in [-0.4, -0.2) is 18.8 Å². The Balaban J connectivity index is 2.09. The molecule has 5 heteroatoms. The summed E-state index contributed by atoms with van der Waals surface area (Å²) < 4.78 is 18.7. The molecule has 94 valence electrons. The zero-order chi connectivity index (χ0) is 12.4. The number of nitrogens with two attached hydrogens (primary N) is 1. The lowest BCUT2D eigenvalue weighted by Gasteiger charge is -2.22. The molecule has 0 bridgehead atoms. The number of ether oxygens (including phenoxy) is 1. The highest BCUT2D eigenvalue weighted by Gasteiger charge is 2.22. The lowest BCUT2D eigenvalue weighted by atomic mass is 10.1. The van der Waals surface area contributed by atoms with Gasteiger partial charge in [0.15, 0.2) is 0 Å². The predicted molar refractivity (Wildman–Crippen MR) is 67.9 cm³/mol. The first-order valence-corrected chi connectivity index (χ1v) is 6.08. The lowest BCUT2D eigenvalue weighted by molar-refractivity contribution is 0.0997. The quantitative estimate of drug-likeness (QED) is 0.820. The van der Waals surface area contributed by atoms with E-state index in [0.717, 1.165) is 19.4 Å².